The summed E-state index contributed by atoms with van der Waals surface area (Å²) in [5, 5.41) is 13.6. The fraction of sp³-hybridized carbons (Fsp3) is 0.176. The molecule has 0 atom stereocenters. The maximum atomic E-state index is 12.1. The number of aryl methyl sites for hydroxylation is 2. The molecular formula is C17H16N4O4. The number of aromatic nitrogens is 2. The third-order valence-electron chi connectivity index (χ3n) is 3.55. The summed E-state index contributed by atoms with van der Waals surface area (Å²) < 4.78 is 7.32. The number of anilines is 1. The number of hydrogen-bond acceptors (Lipinski definition) is 5. The minimum absolute atomic E-state index is 0.138. The van der Waals surface area contributed by atoms with Crippen LogP contribution in [-0.2, 0) is 4.79 Å². The third-order valence-corrected chi connectivity index (χ3v) is 3.55. The standard InChI is InChI=1S/C17H16N4O4/c1-11-5-6-13(14(8-11)21(23)24)19-16(22)10-25-15-4-3-7-20-9-12(2)18-17(15)20/h3-9H,10H2,1-2H3,(H,19,22). The molecule has 1 N–H and O–H groups in total. The van der Waals surface area contributed by atoms with Crippen molar-refractivity contribution in [2.24, 2.45) is 0 Å². The second-order valence-electron chi connectivity index (χ2n) is 5.60. The number of ether oxygens (including phenoxy) is 1. The van der Waals surface area contributed by atoms with Gasteiger partial charge < -0.3 is 14.5 Å². The van der Waals surface area contributed by atoms with Gasteiger partial charge >= 0.3 is 0 Å². The van der Waals surface area contributed by atoms with E-state index in [0.717, 1.165) is 11.3 Å². The highest BCUT2D eigenvalue weighted by atomic mass is 16.6. The van der Waals surface area contributed by atoms with Gasteiger partial charge in [0.15, 0.2) is 18.0 Å². The van der Waals surface area contributed by atoms with Crippen LogP contribution in [0.5, 0.6) is 5.75 Å². The molecule has 1 aromatic carbocycles. The van der Waals surface area contributed by atoms with Crippen molar-refractivity contribution in [2.75, 3.05) is 11.9 Å². The molecule has 8 heteroatoms. The van der Waals surface area contributed by atoms with E-state index in [1.165, 1.54) is 12.1 Å². The number of nitrogens with zero attached hydrogens (tertiary/aromatic N) is 3. The molecule has 0 saturated carbocycles. The summed E-state index contributed by atoms with van der Waals surface area (Å²) in [6, 6.07) is 8.10. The number of carbonyl (C=O) groups excluding carboxylic acids is 1. The third kappa shape index (κ3) is 3.57. The fourth-order valence-corrected chi connectivity index (χ4v) is 2.45. The van der Waals surface area contributed by atoms with Crippen molar-refractivity contribution in [1.29, 1.82) is 0 Å². The van der Waals surface area contributed by atoms with Crippen molar-refractivity contribution in [3.05, 3.63) is 64.1 Å². The quantitative estimate of drug-likeness (QED) is 0.569. The van der Waals surface area contributed by atoms with Gasteiger partial charge in [0.25, 0.3) is 11.6 Å². The van der Waals surface area contributed by atoms with Crippen LogP contribution in [0.15, 0.2) is 42.7 Å². The number of imidazole rings is 1. The first-order valence-electron chi connectivity index (χ1n) is 7.56. The Kier molecular flexibility index (Phi) is 4.34. The lowest BCUT2D eigenvalue weighted by molar-refractivity contribution is -0.384. The maximum Gasteiger partial charge on any atom is 0.293 e. The van der Waals surface area contributed by atoms with E-state index in [1.807, 2.05) is 19.3 Å². The molecule has 0 aliphatic heterocycles. The van der Waals surface area contributed by atoms with E-state index in [1.54, 1.807) is 29.5 Å². The van der Waals surface area contributed by atoms with E-state index < -0.39 is 10.8 Å². The second kappa shape index (κ2) is 6.60. The fourth-order valence-electron chi connectivity index (χ4n) is 2.45. The topological polar surface area (TPSA) is 98.8 Å². The van der Waals surface area contributed by atoms with Crippen molar-refractivity contribution in [3.8, 4) is 5.75 Å². The molecule has 0 unspecified atom stereocenters. The highest BCUT2D eigenvalue weighted by molar-refractivity contribution is 5.94. The molecule has 0 spiro atoms. The number of hydrogen-bond donors (Lipinski definition) is 1. The predicted molar refractivity (Wildman–Crippen MR) is 91.9 cm³/mol. The van der Waals surface area contributed by atoms with E-state index in [2.05, 4.69) is 10.3 Å². The zero-order chi connectivity index (χ0) is 18.0. The number of pyridine rings is 1. The van der Waals surface area contributed by atoms with Gasteiger partial charge in [0.1, 0.15) is 5.69 Å². The highest BCUT2D eigenvalue weighted by Crippen LogP contribution is 2.25. The van der Waals surface area contributed by atoms with Gasteiger partial charge in [-0.2, -0.15) is 0 Å². The monoisotopic (exact) mass is 340 g/mol. The van der Waals surface area contributed by atoms with E-state index in [-0.39, 0.29) is 18.0 Å². The van der Waals surface area contributed by atoms with Crippen LogP contribution in [0.3, 0.4) is 0 Å². The molecular weight excluding hydrogens is 324 g/mol. The molecule has 0 aliphatic carbocycles. The first-order valence-corrected chi connectivity index (χ1v) is 7.56. The van der Waals surface area contributed by atoms with Crippen LogP contribution in [0.2, 0.25) is 0 Å². The Balaban J connectivity index is 1.72. The Hall–Kier alpha value is -3.42. The first kappa shape index (κ1) is 16.4. The average molecular weight is 340 g/mol. The molecule has 1 amide bonds. The van der Waals surface area contributed by atoms with Crippen LogP contribution in [-0.4, -0.2) is 26.8 Å². The first-order chi connectivity index (χ1) is 11.9. The molecule has 0 saturated heterocycles. The minimum atomic E-state index is -0.530. The zero-order valence-corrected chi connectivity index (χ0v) is 13.7. The Bertz CT molecular complexity index is 964. The number of amides is 1. The van der Waals surface area contributed by atoms with Crippen LogP contribution >= 0.6 is 0 Å². The minimum Gasteiger partial charge on any atom is -0.480 e. The van der Waals surface area contributed by atoms with Crippen LogP contribution in [0.1, 0.15) is 11.3 Å². The Morgan fingerprint density at radius 3 is 2.92 bits per heavy atom. The van der Waals surface area contributed by atoms with E-state index in [9.17, 15) is 14.9 Å². The Morgan fingerprint density at radius 1 is 1.36 bits per heavy atom. The van der Waals surface area contributed by atoms with Gasteiger partial charge in [0.2, 0.25) is 0 Å². The van der Waals surface area contributed by atoms with Gasteiger partial charge in [-0.25, -0.2) is 4.98 Å². The second-order valence-corrected chi connectivity index (χ2v) is 5.60. The molecule has 2 heterocycles. The normalized spacial score (nSPS) is 10.6. The summed E-state index contributed by atoms with van der Waals surface area (Å²) in [6.07, 6.45) is 3.68. The molecule has 3 rings (SSSR count). The van der Waals surface area contributed by atoms with Gasteiger partial charge in [0, 0.05) is 18.5 Å². The largest absolute Gasteiger partial charge is 0.480 e. The molecule has 2 aromatic heterocycles. The lowest BCUT2D eigenvalue weighted by atomic mass is 10.2. The Morgan fingerprint density at radius 2 is 2.16 bits per heavy atom. The SMILES string of the molecule is Cc1ccc(NC(=O)COc2cccn3cc(C)nc23)c([N+](=O)[O-])c1. The number of carbonyl (C=O) groups is 1. The maximum absolute atomic E-state index is 12.1. The van der Waals surface area contributed by atoms with Crippen LogP contribution < -0.4 is 10.1 Å². The molecule has 0 aliphatic rings. The number of benzene rings is 1. The smallest absolute Gasteiger partial charge is 0.293 e. The van der Waals surface area contributed by atoms with Crippen molar-refractivity contribution >= 4 is 22.9 Å². The van der Waals surface area contributed by atoms with Crippen molar-refractivity contribution < 1.29 is 14.5 Å². The van der Waals surface area contributed by atoms with Gasteiger partial charge in [-0.05, 0) is 37.6 Å². The molecule has 3 aromatic rings. The van der Waals surface area contributed by atoms with Gasteiger partial charge in [-0.15, -0.1) is 0 Å². The van der Waals surface area contributed by atoms with Crippen LogP contribution in [0.4, 0.5) is 11.4 Å². The molecule has 25 heavy (non-hydrogen) atoms. The van der Waals surface area contributed by atoms with E-state index in [0.29, 0.717) is 11.4 Å². The highest BCUT2D eigenvalue weighted by Gasteiger charge is 2.16. The van der Waals surface area contributed by atoms with E-state index in [4.69, 9.17) is 4.74 Å². The Labute approximate surface area is 143 Å². The average Bonchev–Trinajstić information content (AvgIpc) is 2.95. The zero-order valence-electron chi connectivity index (χ0n) is 13.7. The van der Waals surface area contributed by atoms with Crippen LogP contribution in [0.25, 0.3) is 5.65 Å². The summed E-state index contributed by atoms with van der Waals surface area (Å²) in [4.78, 5) is 27.0. The molecule has 0 fully saturated rings. The van der Waals surface area contributed by atoms with Gasteiger partial charge in [0.05, 0.1) is 10.6 Å². The lowest BCUT2D eigenvalue weighted by Crippen LogP contribution is -2.21. The number of nitro benzene ring substituents is 1. The summed E-state index contributed by atoms with van der Waals surface area (Å²) in [5.74, 6) is -0.0265. The number of rotatable bonds is 5. The van der Waals surface area contributed by atoms with Crippen molar-refractivity contribution in [1.82, 2.24) is 9.38 Å². The summed E-state index contributed by atoms with van der Waals surface area (Å²) in [7, 11) is 0. The van der Waals surface area contributed by atoms with Crippen molar-refractivity contribution in [2.45, 2.75) is 13.8 Å². The van der Waals surface area contributed by atoms with E-state index >= 15 is 0 Å². The van der Waals surface area contributed by atoms with Crippen LogP contribution in [0, 0.1) is 24.0 Å². The lowest BCUT2D eigenvalue weighted by Gasteiger charge is -2.09. The van der Waals surface area contributed by atoms with Crippen molar-refractivity contribution in [3.63, 3.8) is 0 Å². The number of fused-ring (bicyclic) bond motifs is 1. The molecule has 8 nitrogen and oxygen atoms in total. The summed E-state index contributed by atoms with van der Waals surface area (Å²) >= 11 is 0. The summed E-state index contributed by atoms with van der Waals surface area (Å²) in [6.45, 7) is 3.32. The molecule has 128 valence electrons. The number of nitro groups is 1. The molecule has 0 bridgehead atoms. The predicted octanol–water partition coefficient (Wildman–Crippen LogP) is 2.88. The summed E-state index contributed by atoms with van der Waals surface area (Å²) in [5.41, 5.74) is 2.16. The molecule has 0 radical (unpaired) electrons. The number of nitrogens with one attached hydrogen (secondary N) is 1. The van der Waals surface area contributed by atoms with Gasteiger partial charge in [-0.3, -0.25) is 14.9 Å². The van der Waals surface area contributed by atoms with Gasteiger partial charge in [-0.1, -0.05) is 6.07 Å².